The van der Waals surface area contributed by atoms with Gasteiger partial charge >= 0.3 is 5.97 Å². The maximum atomic E-state index is 10.6. The first kappa shape index (κ1) is 8.49. The Morgan fingerprint density at radius 2 is 2.36 bits per heavy atom. The highest BCUT2D eigenvalue weighted by atomic mass is 16.4. The SMILES string of the molecule is NCCNC(C(=O)O)C1CC1. The third kappa shape index (κ3) is 2.48. The smallest absolute Gasteiger partial charge is 0.320 e. The summed E-state index contributed by atoms with van der Waals surface area (Å²) in [6, 6.07) is -0.362. The molecule has 1 rings (SSSR count). The zero-order valence-electron chi connectivity index (χ0n) is 6.42. The third-order valence-electron chi connectivity index (χ3n) is 1.87. The second kappa shape index (κ2) is 3.69. The summed E-state index contributed by atoms with van der Waals surface area (Å²) in [6.07, 6.45) is 2.07. The molecule has 1 atom stereocenters. The molecule has 0 radical (unpaired) electrons. The van der Waals surface area contributed by atoms with Crippen LogP contribution in [0.5, 0.6) is 0 Å². The van der Waals surface area contributed by atoms with Crippen LogP contribution >= 0.6 is 0 Å². The Morgan fingerprint density at radius 3 is 2.73 bits per heavy atom. The van der Waals surface area contributed by atoms with Gasteiger partial charge in [-0.1, -0.05) is 0 Å². The number of carboxylic acid groups (broad SMARTS) is 1. The summed E-state index contributed by atoms with van der Waals surface area (Å²) >= 11 is 0. The fraction of sp³-hybridized carbons (Fsp3) is 0.857. The molecule has 0 aromatic heterocycles. The molecule has 1 fully saturated rings. The van der Waals surface area contributed by atoms with Crippen molar-refractivity contribution in [1.29, 1.82) is 0 Å². The van der Waals surface area contributed by atoms with Crippen LogP contribution in [0.3, 0.4) is 0 Å². The number of hydrogen-bond donors (Lipinski definition) is 3. The van der Waals surface area contributed by atoms with E-state index in [4.69, 9.17) is 10.8 Å². The van der Waals surface area contributed by atoms with Crippen LogP contribution in [0.4, 0.5) is 0 Å². The summed E-state index contributed by atoms with van der Waals surface area (Å²) in [5, 5.41) is 11.6. The number of hydrogen-bond acceptors (Lipinski definition) is 3. The Morgan fingerprint density at radius 1 is 1.73 bits per heavy atom. The first-order valence-electron chi connectivity index (χ1n) is 3.92. The van der Waals surface area contributed by atoms with Crippen LogP contribution in [0.25, 0.3) is 0 Å². The number of rotatable bonds is 5. The topological polar surface area (TPSA) is 75.3 Å². The molecular weight excluding hydrogens is 144 g/mol. The lowest BCUT2D eigenvalue weighted by atomic mass is 10.2. The van der Waals surface area contributed by atoms with E-state index in [1.165, 1.54) is 0 Å². The molecule has 0 saturated heterocycles. The van der Waals surface area contributed by atoms with Gasteiger partial charge in [0.05, 0.1) is 0 Å². The van der Waals surface area contributed by atoms with E-state index in [0.29, 0.717) is 19.0 Å². The van der Waals surface area contributed by atoms with Gasteiger partial charge in [-0.3, -0.25) is 4.79 Å². The Hall–Kier alpha value is -0.610. The Bertz CT molecular complexity index is 145. The molecule has 0 aromatic rings. The lowest BCUT2D eigenvalue weighted by Crippen LogP contribution is -2.40. The van der Waals surface area contributed by atoms with E-state index in [0.717, 1.165) is 12.8 Å². The van der Waals surface area contributed by atoms with Gasteiger partial charge in [-0.2, -0.15) is 0 Å². The quantitative estimate of drug-likeness (QED) is 0.499. The highest BCUT2D eigenvalue weighted by Crippen LogP contribution is 2.32. The molecular formula is C7H14N2O2. The lowest BCUT2D eigenvalue weighted by molar-refractivity contribution is -0.140. The predicted octanol–water partition coefficient (Wildman–Crippen LogP) is -0.602. The highest BCUT2D eigenvalue weighted by Gasteiger charge is 2.35. The van der Waals surface area contributed by atoms with E-state index in [9.17, 15) is 4.79 Å². The molecule has 64 valence electrons. The van der Waals surface area contributed by atoms with Gasteiger partial charge in [0.25, 0.3) is 0 Å². The Labute approximate surface area is 65.8 Å². The summed E-state index contributed by atoms with van der Waals surface area (Å²) in [5.41, 5.74) is 5.24. The summed E-state index contributed by atoms with van der Waals surface area (Å²) in [7, 11) is 0. The maximum absolute atomic E-state index is 10.6. The fourth-order valence-corrected chi connectivity index (χ4v) is 1.12. The maximum Gasteiger partial charge on any atom is 0.320 e. The molecule has 1 aliphatic carbocycles. The summed E-state index contributed by atoms with van der Waals surface area (Å²) in [4.78, 5) is 10.6. The van der Waals surface area contributed by atoms with Gasteiger partial charge in [0.1, 0.15) is 6.04 Å². The van der Waals surface area contributed by atoms with E-state index < -0.39 is 5.97 Å². The van der Waals surface area contributed by atoms with Gasteiger partial charge in [0.2, 0.25) is 0 Å². The van der Waals surface area contributed by atoms with Gasteiger partial charge in [-0.05, 0) is 18.8 Å². The zero-order valence-corrected chi connectivity index (χ0v) is 6.42. The van der Waals surface area contributed by atoms with Crippen molar-refractivity contribution in [3.05, 3.63) is 0 Å². The molecule has 4 N–H and O–H groups in total. The molecule has 1 aliphatic rings. The van der Waals surface area contributed by atoms with Crippen molar-refractivity contribution in [2.75, 3.05) is 13.1 Å². The first-order valence-corrected chi connectivity index (χ1v) is 3.92. The van der Waals surface area contributed by atoms with Crippen LogP contribution in [0, 0.1) is 5.92 Å². The summed E-state index contributed by atoms with van der Waals surface area (Å²) < 4.78 is 0. The summed E-state index contributed by atoms with van der Waals surface area (Å²) in [6.45, 7) is 1.09. The van der Waals surface area contributed by atoms with Crippen molar-refractivity contribution in [1.82, 2.24) is 5.32 Å². The molecule has 0 heterocycles. The number of nitrogens with one attached hydrogen (secondary N) is 1. The van der Waals surface area contributed by atoms with Gasteiger partial charge in [0.15, 0.2) is 0 Å². The van der Waals surface area contributed by atoms with Crippen molar-refractivity contribution in [3.8, 4) is 0 Å². The second-order valence-electron chi connectivity index (χ2n) is 2.90. The number of carbonyl (C=O) groups is 1. The van der Waals surface area contributed by atoms with Gasteiger partial charge in [-0.15, -0.1) is 0 Å². The molecule has 0 bridgehead atoms. The van der Waals surface area contributed by atoms with Gasteiger partial charge in [0, 0.05) is 13.1 Å². The van der Waals surface area contributed by atoms with Crippen LogP contribution in [0.2, 0.25) is 0 Å². The van der Waals surface area contributed by atoms with E-state index >= 15 is 0 Å². The van der Waals surface area contributed by atoms with Crippen molar-refractivity contribution in [2.45, 2.75) is 18.9 Å². The highest BCUT2D eigenvalue weighted by molar-refractivity contribution is 5.74. The van der Waals surface area contributed by atoms with E-state index in [2.05, 4.69) is 5.32 Å². The van der Waals surface area contributed by atoms with Crippen molar-refractivity contribution < 1.29 is 9.90 Å². The largest absolute Gasteiger partial charge is 0.480 e. The number of aliphatic carboxylic acids is 1. The monoisotopic (exact) mass is 158 g/mol. The van der Waals surface area contributed by atoms with E-state index in [1.54, 1.807) is 0 Å². The minimum Gasteiger partial charge on any atom is -0.480 e. The third-order valence-corrected chi connectivity index (χ3v) is 1.87. The molecule has 11 heavy (non-hydrogen) atoms. The summed E-state index contributed by atoms with van der Waals surface area (Å²) in [5.74, 6) is -0.403. The molecule has 0 aromatic carbocycles. The van der Waals surface area contributed by atoms with E-state index in [-0.39, 0.29) is 6.04 Å². The van der Waals surface area contributed by atoms with Crippen LogP contribution in [-0.4, -0.2) is 30.2 Å². The fourth-order valence-electron chi connectivity index (χ4n) is 1.12. The van der Waals surface area contributed by atoms with Gasteiger partial charge < -0.3 is 16.2 Å². The average molecular weight is 158 g/mol. The minimum absolute atomic E-state index is 0.346. The van der Waals surface area contributed by atoms with Crippen LogP contribution in [0.1, 0.15) is 12.8 Å². The molecule has 0 spiro atoms. The normalized spacial score (nSPS) is 19.7. The molecule has 1 unspecified atom stereocenters. The van der Waals surface area contributed by atoms with Crippen molar-refractivity contribution >= 4 is 5.97 Å². The predicted molar refractivity (Wildman–Crippen MR) is 41.2 cm³/mol. The lowest BCUT2D eigenvalue weighted by Gasteiger charge is -2.11. The molecule has 0 amide bonds. The van der Waals surface area contributed by atoms with E-state index in [1.807, 2.05) is 0 Å². The average Bonchev–Trinajstić information content (AvgIpc) is 2.71. The zero-order chi connectivity index (χ0) is 8.27. The van der Waals surface area contributed by atoms with Gasteiger partial charge in [-0.25, -0.2) is 0 Å². The Kier molecular flexibility index (Phi) is 2.84. The molecule has 0 aliphatic heterocycles. The van der Waals surface area contributed by atoms with Crippen molar-refractivity contribution in [3.63, 3.8) is 0 Å². The molecule has 4 nitrogen and oxygen atoms in total. The van der Waals surface area contributed by atoms with Crippen LogP contribution in [-0.2, 0) is 4.79 Å². The first-order chi connectivity index (χ1) is 5.25. The standard InChI is InChI=1S/C7H14N2O2/c8-3-4-9-6(7(10)11)5-1-2-5/h5-6,9H,1-4,8H2,(H,10,11). The molecule has 1 saturated carbocycles. The number of nitrogens with two attached hydrogens (primary N) is 1. The second-order valence-corrected chi connectivity index (χ2v) is 2.90. The number of carboxylic acids is 1. The van der Waals surface area contributed by atoms with Crippen LogP contribution < -0.4 is 11.1 Å². The van der Waals surface area contributed by atoms with Crippen LogP contribution in [0.15, 0.2) is 0 Å². The molecule has 4 heteroatoms. The Balaban J connectivity index is 2.26. The van der Waals surface area contributed by atoms with Crippen molar-refractivity contribution in [2.24, 2.45) is 11.7 Å². The minimum atomic E-state index is -0.749.